The van der Waals surface area contributed by atoms with E-state index in [2.05, 4.69) is 50.4 Å². The van der Waals surface area contributed by atoms with Gasteiger partial charge in [-0.05, 0) is 61.7 Å². The summed E-state index contributed by atoms with van der Waals surface area (Å²) < 4.78 is 0. The second-order valence-electron chi connectivity index (χ2n) is 5.43. The van der Waals surface area contributed by atoms with Crippen molar-refractivity contribution in [2.24, 2.45) is 0 Å². The third-order valence-electron chi connectivity index (χ3n) is 3.72. The van der Waals surface area contributed by atoms with E-state index in [0.29, 0.717) is 6.04 Å². The Morgan fingerprint density at radius 1 is 1.14 bits per heavy atom. The van der Waals surface area contributed by atoms with E-state index < -0.39 is 0 Å². The predicted octanol–water partition coefficient (Wildman–Crippen LogP) is 5.56. The molecule has 0 radical (unpaired) electrons. The maximum atomic E-state index is 6.09. The quantitative estimate of drug-likeness (QED) is 0.704. The van der Waals surface area contributed by atoms with Gasteiger partial charge in [-0.1, -0.05) is 31.5 Å². The molecule has 21 heavy (non-hydrogen) atoms. The molecular weight excluding hydrogens is 298 g/mol. The highest BCUT2D eigenvalue weighted by atomic mass is 35.5. The van der Waals surface area contributed by atoms with Crippen molar-refractivity contribution >= 4 is 22.9 Å². The average Bonchev–Trinajstić information content (AvgIpc) is 2.91. The molecule has 0 spiro atoms. The molecule has 0 saturated carbocycles. The number of aryl methyl sites for hydroxylation is 2. The highest BCUT2D eigenvalue weighted by Gasteiger charge is 2.15. The molecule has 2 rings (SSSR count). The molecule has 0 aliphatic carbocycles. The van der Waals surface area contributed by atoms with Crippen LogP contribution in [0, 0.1) is 6.92 Å². The summed E-state index contributed by atoms with van der Waals surface area (Å²) >= 11 is 8.02. The molecule has 0 amide bonds. The van der Waals surface area contributed by atoms with E-state index in [1.54, 1.807) is 0 Å². The van der Waals surface area contributed by atoms with Gasteiger partial charge in [0.25, 0.3) is 0 Å². The van der Waals surface area contributed by atoms with Crippen LogP contribution in [-0.4, -0.2) is 6.54 Å². The molecule has 114 valence electrons. The van der Waals surface area contributed by atoms with E-state index in [-0.39, 0.29) is 0 Å². The van der Waals surface area contributed by atoms with E-state index in [0.717, 1.165) is 30.8 Å². The van der Waals surface area contributed by atoms with Crippen molar-refractivity contribution in [3.63, 3.8) is 0 Å². The average molecular weight is 322 g/mol. The van der Waals surface area contributed by atoms with Crippen molar-refractivity contribution in [3.05, 3.63) is 56.2 Å². The molecule has 1 unspecified atom stereocenters. The van der Waals surface area contributed by atoms with Gasteiger partial charge in [0.2, 0.25) is 0 Å². The van der Waals surface area contributed by atoms with Crippen LogP contribution in [0.5, 0.6) is 0 Å². The van der Waals surface area contributed by atoms with E-state index in [9.17, 15) is 0 Å². The van der Waals surface area contributed by atoms with Gasteiger partial charge in [-0.3, -0.25) is 0 Å². The van der Waals surface area contributed by atoms with Gasteiger partial charge in [-0.2, -0.15) is 0 Å². The number of benzene rings is 1. The van der Waals surface area contributed by atoms with Gasteiger partial charge in [-0.15, -0.1) is 11.3 Å². The van der Waals surface area contributed by atoms with Crippen LogP contribution < -0.4 is 5.32 Å². The van der Waals surface area contributed by atoms with E-state index in [4.69, 9.17) is 11.6 Å². The maximum Gasteiger partial charge on any atom is 0.0408 e. The van der Waals surface area contributed by atoms with Crippen molar-refractivity contribution in [2.75, 3.05) is 6.54 Å². The number of hydrogen-bond acceptors (Lipinski definition) is 2. The van der Waals surface area contributed by atoms with Gasteiger partial charge in [0.15, 0.2) is 0 Å². The van der Waals surface area contributed by atoms with Gasteiger partial charge in [-0.25, -0.2) is 0 Å². The zero-order chi connectivity index (χ0) is 15.2. The third-order valence-corrected chi connectivity index (χ3v) is 5.21. The summed E-state index contributed by atoms with van der Waals surface area (Å²) in [5, 5.41) is 4.50. The van der Waals surface area contributed by atoms with Gasteiger partial charge >= 0.3 is 0 Å². The number of nitrogens with one attached hydrogen (secondary N) is 1. The van der Waals surface area contributed by atoms with Gasteiger partial charge in [0.05, 0.1) is 0 Å². The lowest BCUT2D eigenvalue weighted by Crippen LogP contribution is -2.24. The fraction of sp³-hybridized carbons (Fsp3) is 0.444. The van der Waals surface area contributed by atoms with E-state index >= 15 is 0 Å². The number of thiophene rings is 1. The van der Waals surface area contributed by atoms with Crippen LogP contribution in [0.3, 0.4) is 0 Å². The first-order valence-electron chi connectivity index (χ1n) is 7.71. The third kappa shape index (κ3) is 4.57. The van der Waals surface area contributed by atoms with Crippen LogP contribution in [0.25, 0.3) is 0 Å². The molecule has 1 heterocycles. The van der Waals surface area contributed by atoms with E-state index in [1.165, 1.54) is 20.9 Å². The summed E-state index contributed by atoms with van der Waals surface area (Å²) in [5.74, 6) is 0. The molecule has 0 aliphatic rings. The SMILES string of the molecule is CCCNC(Cc1ccc(CC)s1)c1ccc(Cl)cc1C. The van der Waals surface area contributed by atoms with Gasteiger partial charge < -0.3 is 5.32 Å². The summed E-state index contributed by atoms with van der Waals surface area (Å²) in [4.78, 5) is 2.92. The standard InChI is InChI=1S/C18H24ClNS/c1-4-10-20-18(12-16-8-7-15(5-2)21-16)17-9-6-14(19)11-13(17)3/h6-9,11,18,20H,4-5,10,12H2,1-3H3. The molecule has 0 aliphatic heterocycles. The number of rotatable bonds is 7. The molecule has 1 atom stereocenters. The molecule has 0 bridgehead atoms. The van der Waals surface area contributed by atoms with Crippen molar-refractivity contribution in [2.45, 2.75) is 46.1 Å². The lowest BCUT2D eigenvalue weighted by Gasteiger charge is -2.20. The molecule has 1 N–H and O–H groups in total. The van der Waals surface area contributed by atoms with E-state index in [1.807, 2.05) is 17.4 Å². The van der Waals surface area contributed by atoms with Crippen molar-refractivity contribution in [1.82, 2.24) is 5.32 Å². The second-order valence-corrected chi connectivity index (χ2v) is 7.12. The minimum Gasteiger partial charge on any atom is -0.310 e. The number of hydrogen-bond donors (Lipinski definition) is 1. The highest BCUT2D eigenvalue weighted by Crippen LogP contribution is 2.27. The normalized spacial score (nSPS) is 12.6. The Kier molecular flexibility index (Phi) is 6.28. The van der Waals surface area contributed by atoms with Crippen LogP contribution >= 0.6 is 22.9 Å². The zero-order valence-electron chi connectivity index (χ0n) is 13.1. The summed E-state index contributed by atoms with van der Waals surface area (Å²) in [6.07, 6.45) is 3.32. The predicted molar refractivity (Wildman–Crippen MR) is 94.6 cm³/mol. The van der Waals surface area contributed by atoms with Crippen molar-refractivity contribution in [3.8, 4) is 0 Å². The van der Waals surface area contributed by atoms with Gasteiger partial charge in [0, 0.05) is 27.2 Å². The summed E-state index contributed by atoms with van der Waals surface area (Å²) in [6, 6.07) is 11.1. The fourth-order valence-electron chi connectivity index (χ4n) is 2.56. The first-order valence-corrected chi connectivity index (χ1v) is 8.90. The van der Waals surface area contributed by atoms with Crippen LogP contribution in [-0.2, 0) is 12.8 Å². The Morgan fingerprint density at radius 2 is 1.90 bits per heavy atom. The summed E-state index contributed by atoms with van der Waals surface area (Å²) in [5.41, 5.74) is 2.63. The first-order chi connectivity index (χ1) is 10.1. The topological polar surface area (TPSA) is 12.0 Å². The van der Waals surface area contributed by atoms with Crippen LogP contribution in [0.2, 0.25) is 5.02 Å². The Balaban J connectivity index is 2.20. The monoisotopic (exact) mass is 321 g/mol. The summed E-state index contributed by atoms with van der Waals surface area (Å²) in [6.45, 7) is 7.61. The second kappa shape index (κ2) is 7.98. The van der Waals surface area contributed by atoms with Crippen LogP contribution in [0.1, 0.15) is 47.2 Å². The minimum absolute atomic E-state index is 0.366. The molecule has 2 aromatic rings. The number of halogens is 1. The Labute approximate surface area is 137 Å². The first kappa shape index (κ1) is 16.5. The smallest absolute Gasteiger partial charge is 0.0408 e. The zero-order valence-corrected chi connectivity index (χ0v) is 14.7. The Bertz CT molecular complexity index is 576. The lowest BCUT2D eigenvalue weighted by atomic mass is 9.98. The molecule has 1 nitrogen and oxygen atoms in total. The fourth-order valence-corrected chi connectivity index (χ4v) is 3.79. The molecular formula is C18H24ClNS. The Hall–Kier alpha value is -0.830. The molecule has 1 aromatic heterocycles. The van der Waals surface area contributed by atoms with Crippen molar-refractivity contribution < 1.29 is 0 Å². The molecule has 1 aromatic carbocycles. The van der Waals surface area contributed by atoms with Crippen molar-refractivity contribution in [1.29, 1.82) is 0 Å². The largest absolute Gasteiger partial charge is 0.310 e. The molecule has 0 saturated heterocycles. The van der Waals surface area contributed by atoms with Crippen LogP contribution in [0.4, 0.5) is 0 Å². The molecule has 0 fully saturated rings. The Morgan fingerprint density at radius 3 is 2.52 bits per heavy atom. The van der Waals surface area contributed by atoms with Crippen LogP contribution in [0.15, 0.2) is 30.3 Å². The van der Waals surface area contributed by atoms with Gasteiger partial charge in [0.1, 0.15) is 0 Å². The summed E-state index contributed by atoms with van der Waals surface area (Å²) in [7, 11) is 0. The lowest BCUT2D eigenvalue weighted by molar-refractivity contribution is 0.530. The highest BCUT2D eigenvalue weighted by molar-refractivity contribution is 7.11. The minimum atomic E-state index is 0.366. The molecule has 3 heteroatoms. The maximum absolute atomic E-state index is 6.09.